The molecule has 1 aromatic carbocycles. The number of nitrogens with one attached hydrogen (secondary N) is 1. The fraction of sp³-hybridized carbons (Fsp3) is 0.680. The molecule has 0 saturated heterocycles. The lowest BCUT2D eigenvalue weighted by Crippen LogP contribution is -2.44. The van der Waals surface area contributed by atoms with Crippen molar-refractivity contribution in [2.75, 3.05) is 19.5 Å². The Morgan fingerprint density at radius 1 is 0.944 bits per heavy atom. The highest BCUT2D eigenvalue weighted by molar-refractivity contribution is 7.90. The fourth-order valence-electron chi connectivity index (χ4n) is 3.61. The van der Waals surface area contributed by atoms with Gasteiger partial charge >= 0.3 is 6.16 Å². The maximum Gasteiger partial charge on any atom is 0.508 e. The van der Waals surface area contributed by atoms with E-state index >= 15 is 0 Å². The van der Waals surface area contributed by atoms with Gasteiger partial charge in [0.15, 0.2) is 20.8 Å². The smallest absolute Gasteiger partial charge is 0.434 e. The zero-order valence-electron chi connectivity index (χ0n) is 21.0. The number of halogens is 3. The summed E-state index contributed by atoms with van der Waals surface area (Å²) in [6.07, 6.45) is 10.1. The standard InChI is InChI=1S/C25H38Cl2FNO6S/c1-3-4-5-6-7-8-9-10-11-12-17-34-25(31)35-22(21(18-28)29-24(30)23(26)27)19-13-15-20(16-14-19)36(2,32)33/h13-16,21-23H,3-12,17-18H2,1-2H3,(H,29,30). The van der Waals surface area contributed by atoms with Gasteiger partial charge < -0.3 is 14.8 Å². The number of amides is 1. The Hall–Kier alpha value is -1.58. The Morgan fingerprint density at radius 3 is 1.94 bits per heavy atom. The first-order valence-corrected chi connectivity index (χ1v) is 15.1. The number of unbranched alkanes of at least 4 members (excludes halogenated alkanes) is 9. The molecule has 2 atom stereocenters. The summed E-state index contributed by atoms with van der Waals surface area (Å²) in [6.45, 7) is 1.24. The van der Waals surface area contributed by atoms with E-state index in [0.717, 1.165) is 25.5 Å². The van der Waals surface area contributed by atoms with E-state index in [0.29, 0.717) is 6.42 Å². The molecule has 0 saturated carbocycles. The van der Waals surface area contributed by atoms with Gasteiger partial charge in [-0.3, -0.25) is 4.79 Å². The SMILES string of the molecule is CCCCCCCCCCCCOC(=O)OC(c1ccc(S(C)(=O)=O)cc1)C(CF)NC(=O)C(Cl)Cl. The zero-order chi connectivity index (χ0) is 27.0. The van der Waals surface area contributed by atoms with Gasteiger partial charge in [0.05, 0.1) is 17.5 Å². The number of hydrogen-bond acceptors (Lipinski definition) is 6. The molecule has 1 N–H and O–H groups in total. The van der Waals surface area contributed by atoms with Crippen LogP contribution >= 0.6 is 23.2 Å². The van der Waals surface area contributed by atoms with E-state index in [9.17, 15) is 22.4 Å². The van der Waals surface area contributed by atoms with E-state index in [1.807, 2.05) is 0 Å². The first-order valence-electron chi connectivity index (χ1n) is 12.4. The third kappa shape index (κ3) is 13.1. The lowest BCUT2D eigenvalue weighted by atomic mass is 10.0. The van der Waals surface area contributed by atoms with E-state index in [1.54, 1.807) is 0 Å². The Balaban J connectivity index is 2.63. The summed E-state index contributed by atoms with van der Waals surface area (Å²) in [4.78, 5) is 22.8. The number of sulfone groups is 1. The van der Waals surface area contributed by atoms with Gasteiger partial charge in [0, 0.05) is 6.26 Å². The van der Waals surface area contributed by atoms with Crippen LogP contribution in [0.5, 0.6) is 0 Å². The molecule has 0 aliphatic rings. The lowest BCUT2D eigenvalue weighted by Gasteiger charge is -2.26. The molecular formula is C25H38Cl2FNO6S. The number of ether oxygens (including phenoxy) is 2. The van der Waals surface area contributed by atoms with Gasteiger partial charge in [0.1, 0.15) is 6.67 Å². The number of alkyl halides is 3. The first-order chi connectivity index (χ1) is 17.1. The summed E-state index contributed by atoms with van der Waals surface area (Å²) < 4.78 is 47.8. The van der Waals surface area contributed by atoms with Gasteiger partial charge in [0.25, 0.3) is 5.91 Å². The maximum atomic E-state index is 13.8. The molecule has 206 valence electrons. The van der Waals surface area contributed by atoms with Crippen molar-refractivity contribution < 1.29 is 31.9 Å². The Kier molecular flexibility index (Phi) is 16.0. The highest BCUT2D eigenvalue weighted by Crippen LogP contribution is 2.25. The van der Waals surface area contributed by atoms with Crippen LogP contribution in [0.4, 0.5) is 9.18 Å². The Morgan fingerprint density at radius 2 is 1.47 bits per heavy atom. The Labute approximate surface area is 224 Å². The second kappa shape index (κ2) is 17.8. The number of rotatable bonds is 18. The summed E-state index contributed by atoms with van der Waals surface area (Å²) in [7, 11) is -3.46. The molecule has 0 spiro atoms. The molecule has 0 aromatic heterocycles. The van der Waals surface area contributed by atoms with Crippen LogP contribution in [-0.2, 0) is 24.1 Å². The molecule has 0 bridgehead atoms. The highest BCUT2D eigenvalue weighted by Gasteiger charge is 2.31. The average molecular weight is 571 g/mol. The second-order valence-electron chi connectivity index (χ2n) is 8.73. The molecule has 0 aliphatic carbocycles. The van der Waals surface area contributed by atoms with E-state index in [1.165, 1.54) is 62.8 Å². The molecule has 0 radical (unpaired) electrons. The normalized spacial score (nSPS) is 13.3. The molecule has 0 aliphatic heterocycles. The van der Waals surface area contributed by atoms with Gasteiger partial charge in [-0.25, -0.2) is 17.6 Å². The zero-order valence-corrected chi connectivity index (χ0v) is 23.3. The first kappa shape index (κ1) is 32.4. The van der Waals surface area contributed by atoms with Crippen LogP contribution in [0.2, 0.25) is 0 Å². The predicted octanol–water partition coefficient (Wildman–Crippen LogP) is 6.46. The van der Waals surface area contributed by atoms with Gasteiger partial charge in [-0.2, -0.15) is 0 Å². The van der Waals surface area contributed by atoms with Crippen LogP contribution in [0.1, 0.15) is 82.8 Å². The van der Waals surface area contributed by atoms with Gasteiger partial charge in [-0.15, -0.1) is 0 Å². The quantitative estimate of drug-likeness (QED) is 0.124. The number of carbonyl (C=O) groups excluding carboxylic acids is 2. The minimum atomic E-state index is -3.46. The van der Waals surface area contributed by atoms with Crippen LogP contribution in [0.15, 0.2) is 29.2 Å². The molecular weight excluding hydrogens is 532 g/mol. The van der Waals surface area contributed by atoms with Crippen LogP contribution in [0.25, 0.3) is 0 Å². The van der Waals surface area contributed by atoms with Crippen LogP contribution in [0, 0.1) is 0 Å². The highest BCUT2D eigenvalue weighted by atomic mass is 35.5. The molecule has 36 heavy (non-hydrogen) atoms. The number of carbonyl (C=O) groups is 2. The monoisotopic (exact) mass is 569 g/mol. The summed E-state index contributed by atoms with van der Waals surface area (Å²) in [5, 5.41) is 2.30. The van der Waals surface area contributed by atoms with Crippen molar-refractivity contribution in [1.29, 1.82) is 0 Å². The molecule has 0 fully saturated rings. The molecule has 2 unspecified atom stereocenters. The summed E-state index contributed by atoms with van der Waals surface area (Å²) >= 11 is 11.1. The molecule has 0 heterocycles. The average Bonchev–Trinajstić information content (AvgIpc) is 2.84. The topological polar surface area (TPSA) is 98.8 Å². The van der Waals surface area contributed by atoms with Gasteiger partial charge in [0.2, 0.25) is 0 Å². The van der Waals surface area contributed by atoms with Gasteiger partial charge in [-0.05, 0) is 24.1 Å². The number of benzene rings is 1. The Bertz CT molecular complexity index is 883. The molecule has 1 amide bonds. The predicted molar refractivity (Wildman–Crippen MR) is 140 cm³/mol. The minimum absolute atomic E-state index is 0.0379. The van der Waals surface area contributed by atoms with E-state index in [4.69, 9.17) is 32.7 Å². The van der Waals surface area contributed by atoms with Crippen molar-refractivity contribution in [2.24, 2.45) is 0 Å². The molecule has 7 nitrogen and oxygen atoms in total. The van der Waals surface area contributed by atoms with Crippen LogP contribution in [0.3, 0.4) is 0 Å². The largest absolute Gasteiger partial charge is 0.508 e. The van der Waals surface area contributed by atoms with Gasteiger partial charge in [-0.1, -0.05) is 100 Å². The molecule has 1 aromatic rings. The lowest BCUT2D eigenvalue weighted by molar-refractivity contribution is -0.121. The summed E-state index contributed by atoms with van der Waals surface area (Å²) in [5.41, 5.74) is 0.266. The summed E-state index contributed by atoms with van der Waals surface area (Å²) in [6, 6.07) is 4.05. The van der Waals surface area contributed by atoms with Crippen molar-refractivity contribution in [3.05, 3.63) is 29.8 Å². The number of hydrogen-bond donors (Lipinski definition) is 1. The van der Waals surface area contributed by atoms with E-state index < -0.39 is 45.6 Å². The van der Waals surface area contributed by atoms with Crippen molar-refractivity contribution in [3.63, 3.8) is 0 Å². The minimum Gasteiger partial charge on any atom is -0.434 e. The van der Waals surface area contributed by atoms with Crippen molar-refractivity contribution in [3.8, 4) is 0 Å². The molecule has 1 rings (SSSR count). The molecule has 11 heteroatoms. The van der Waals surface area contributed by atoms with Crippen molar-refractivity contribution >= 4 is 45.1 Å². The fourth-order valence-corrected chi connectivity index (χ4v) is 4.37. The maximum absolute atomic E-state index is 13.8. The van der Waals surface area contributed by atoms with E-state index in [-0.39, 0.29) is 17.1 Å². The third-order valence-electron chi connectivity index (χ3n) is 5.64. The van der Waals surface area contributed by atoms with Crippen molar-refractivity contribution in [2.45, 2.75) is 93.0 Å². The summed E-state index contributed by atoms with van der Waals surface area (Å²) in [5.74, 6) is -0.860. The van der Waals surface area contributed by atoms with Crippen LogP contribution < -0.4 is 5.32 Å². The van der Waals surface area contributed by atoms with E-state index in [2.05, 4.69) is 12.2 Å². The second-order valence-corrected chi connectivity index (χ2v) is 11.8. The van der Waals surface area contributed by atoms with Crippen LogP contribution in [-0.4, -0.2) is 50.9 Å². The third-order valence-corrected chi connectivity index (χ3v) is 7.16. The van der Waals surface area contributed by atoms with Crippen molar-refractivity contribution in [1.82, 2.24) is 5.32 Å².